The summed E-state index contributed by atoms with van der Waals surface area (Å²) in [6, 6.07) is 9.24. The van der Waals surface area contributed by atoms with Crippen LogP contribution in [0.2, 0.25) is 0 Å². The summed E-state index contributed by atoms with van der Waals surface area (Å²) in [5, 5.41) is 3.64. The lowest BCUT2D eigenvalue weighted by atomic mass is 9.84. The van der Waals surface area contributed by atoms with Gasteiger partial charge < -0.3 is 5.32 Å². The topological polar surface area (TPSA) is 12.0 Å². The van der Waals surface area contributed by atoms with Crippen molar-refractivity contribution in [3.8, 4) is 0 Å². The van der Waals surface area contributed by atoms with Crippen LogP contribution in [0.5, 0.6) is 0 Å². The summed E-state index contributed by atoms with van der Waals surface area (Å²) in [6.45, 7) is 2.19. The van der Waals surface area contributed by atoms with Gasteiger partial charge in [0.05, 0.1) is 0 Å². The Kier molecular flexibility index (Phi) is 3.67. The van der Waals surface area contributed by atoms with Crippen LogP contribution in [0.25, 0.3) is 0 Å². The smallest absolute Gasteiger partial charge is 0.0281 e. The molecule has 0 aliphatic heterocycles. The highest BCUT2D eigenvalue weighted by Crippen LogP contribution is 2.42. The first kappa shape index (κ1) is 12.6. The molecule has 0 unspecified atom stereocenters. The third-order valence-corrected chi connectivity index (χ3v) is 5.92. The summed E-state index contributed by atoms with van der Waals surface area (Å²) in [5.74, 6) is 0.877. The molecule has 1 aromatic rings. The van der Waals surface area contributed by atoms with Crippen molar-refractivity contribution in [1.82, 2.24) is 5.32 Å². The average molecular weight is 261 g/mol. The van der Waals surface area contributed by atoms with E-state index in [4.69, 9.17) is 0 Å². The fourth-order valence-electron chi connectivity index (χ4n) is 2.78. The first-order valence-electron chi connectivity index (χ1n) is 7.16. The maximum Gasteiger partial charge on any atom is 0.0281 e. The van der Waals surface area contributed by atoms with Gasteiger partial charge in [-0.05, 0) is 49.0 Å². The zero-order valence-corrected chi connectivity index (χ0v) is 12.1. The molecule has 0 spiro atoms. The Hall–Kier alpha value is -0.470. The highest BCUT2D eigenvalue weighted by Gasteiger charge is 2.35. The zero-order valence-electron chi connectivity index (χ0n) is 11.2. The van der Waals surface area contributed by atoms with Gasteiger partial charge in [-0.25, -0.2) is 0 Å². The van der Waals surface area contributed by atoms with E-state index in [1.165, 1.54) is 44.2 Å². The van der Waals surface area contributed by atoms with Crippen LogP contribution in [0.4, 0.5) is 0 Å². The molecule has 2 aliphatic rings. The number of nitrogens with one attached hydrogen (secondary N) is 1. The number of hydrogen-bond donors (Lipinski definition) is 1. The molecule has 0 aromatic heterocycles. The Morgan fingerprint density at radius 1 is 1.22 bits per heavy atom. The lowest BCUT2D eigenvalue weighted by Crippen LogP contribution is -2.43. The van der Waals surface area contributed by atoms with Crippen LogP contribution < -0.4 is 5.32 Å². The highest BCUT2D eigenvalue weighted by atomic mass is 32.2. The standard InChI is InChI=1S/C16H23NS/c1-18-16(9-2-10-16)12-17-11-13-3-5-14(6-4-13)15-7-8-15/h3-6,15,17H,2,7-12H2,1H3. The molecule has 0 amide bonds. The van der Waals surface area contributed by atoms with Gasteiger partial charge in [0.25, 0.3) is 0 Å². The number of thioether (sulfide) groups is 1. The monoisotopic (exact) mass is 261 g/mol. The largest absolute Gasteiger partial charge is 0.311 e. The van der Waals surface area contributed by atoms with E-state index in [2.05, 4.69) is 35.8 Å². The summed E-state index contributed by atoms with van der Waals surface area (Å²) in [6.07, 6.45) is 9.25. The van der Waals surface area contributed by atoms with Gasteiger partial charge in [-0.15, -0.1) is 0 Å². The molecule has 3 rings (SSSR count). The fraction of sp³-hybridized carbons (Fsp3) is 0.625. The first-order valence-corrected chi connectivity index (χ1v) is 8.38. The molecule has 98 valence electrons. The second-order valence-electron chi connectivity index (χ2n) is 5.86. The molecule has 0 atom stereocenters. The molecule has 2 saturated carbocycles. The summed E-state index contributed by atoms with van der Waals surface area (Å²) < 4.78 is 0.550. The molecule has 1 nitrogen and oxygen atoms in total. The lowest BCUT2D eigenvalue weighted by molar-refractivity contribution is 0.345. The van der Waals surface area contributed by atoms with Gasteiger partial charge in [0, 0.05) is 17.8 Å². The van der Waals surface area contributed by atoms with Gasteiger partial charge in [0.15, 0.2) is 0 Å². The molecule has 0 radical (unpaired) electrons. The van der Waals surface area contributed by atoms with Crippen LogP contribution in [0.3, 0.4) is 0 Å². The Morgan fingerprint density at radius 2 is 1.94 bits per heavy atom. The van der Waals surface area contributed by atoms with E-state index < -0.39 is 0 Å². The quantitative estimate of drug-likeness (QED) is 0.832. The maximum absolute atomic E-state index is 3.64. The summed E-state index contributed by atoms with van der Waals surface area (Å²) in [7, 11) is 0. The van der Waals surface area contributed by atoms with Crippen LogP contribution in [-0.4, -0.2) is 17.5 Å². The Bertz CT molecular complexity index is 385. The van der Waals surface area contributed by atoms with Crippen LogP contribution in [0.1, 0.15) is 49.1 Å². The van der Waals surface area contributed by atoms with Crippen molar-refractivity contribution >= 4 is 11.8 Å². The Balaban J connectivity index is 1.47. The molecule has 2 fully saturated rings. The van der Waals surface area contributed by atoms with Crippen molar-refractivity contribution in [2.24, 2.45) is 0 Å². The summed E-state index contributed by atoms with van der Waals surface area (Å²) in [5.41, 5.74) is 2.97. The lowest BCUT2D eigenvalue weighted by Gasteiger charge is -2.40. The van der Waals surface area contributed by atoms with E-state index in [-0.39, 0.29) is 0 Å². The molecule has 0 heterocycles. The number of hydrogen-bond acceptors (Lipinski definition) is 2. The van der Waals surface area contributed by atoms with Gasteiger partial charge in [-0.3, -0.25) is 0 Å². The SMILES string of the molecule is CSC1(CNCc2ccc(C3CC3)cc2)CCC1. The molecule has 2 aliphatic carbocycles. The minimum atomic E-state index is 0.550. The van der Waals surface area contributed by atoms with Gasteiger partial charge in [0.1, 0.15) is 0 Å². The van der Waals surface area contributed by atoms with E-state index >= 15 is 0 Å². The predicted octanol–water partition coefficient (Wildman–Crippen LogP) is 3.94. The fourth-order valence-corrected chi connectivity index (χ4v) is 3.73. The van der Waals surface area contributed by atoms with Crippen LogP contribution in [0, 0.1) is 0 Å². The molecular weight excluding hydrogens is 238 g/mol. The van der Waals surface area contributed by atoms with E-state index in [0.717, 1.165) is 12.5 Å². The molecule has 2 heteroatoms. The minimum absolute atomic E-state index is 0.550. The second kappa shape index (κ2) is 5.26. The maximum atomic E-state index is 3.64. The van der Waals surface area contributed by atoms with Gasteiger partial charge in [-0.2, -0.15) is 11.8 Å². The van der Waals surface area contributed by atoms with Gasteiger partial charge in [-0.1, -0.05) is 30.7 Å². The predicted molar refractivity (Wildman–Crippen MR) is 80.2 cm³/mol. The first-order chi connectivity index (χ1) is 8.81. The zero-order chi connectivity index (χ0) is 12.4. The molecule has 1 N–H and O–H groups in total. The third kappa shape index (κ3) is 2.75. The van der Waals surface area contributed by atoms with Crippen molar-refractivity contribution in [2.45, 2.75) is 49.3 Å². The minimum Gasteiger partial charge on any atom is -0.311 e. The van der Waals surface area contributed by atoms with Crippen LogP contribution in [-0.2, 0) is 6.54 Å². The van der Waals surface area contributed by atoms with Crippen molar-refractivity contribution in [1.29, 1.82) is 0 Å². The van der Waals surface area contributed by atoms with Crippen molar-refractivity contribution in [2.75, 3.05) is 12.8 Å². The number of rotatable bonds is 6. The molecule has 0 saturated heterocycles. The van der Waals surface area contributed by atoms with E-state index in [0.29, 0.717) is 4.75 Å². The Labute approximate surface area is 115 Å². The van der Waals surface area contributed by atoms with Crippen molar-refractivity contribution in [3.63, 3.8) is 0 Å². The molecule has 0 bridgehead atoms. The van der Waals surface area contributed by atoms with Crippen LogP contribution in [0.15, 0.2) is 24.3 Å². The van der Waals surface area contributed by atoms with E-state index in [1.807, 2.05) is 11.8 Å². The summed E-state index contributed by atoms with van der Waals surface area (Å²) in [4.78, 5) is 0. The normalized spacial score (nSPS) is 21.6. The average Bonchev–Trinajstić information content (AvgIpc) is 3.18. The molecule has 1 aromatic carbocycles. The van der Waals surface area contributed by atoms with Crippen molar-refractivity contribution in [3.05, 3.63) is 35.4 Å². The van der Waals surface area contributed by atoms with Gasteiger partial charge >= 0.3 is 0 Å². The van der Waals surface area contributed by atoms with Crippen molar-refractivity contribution < 1.29 is 0 Å². The summed E-state index contributed by atoms with van der Waals surface area (Å²) >= 11 is 2.05. The Morgan fingerprint density at radius 3 is 2.44 bits per heavy atom. The molecular formula is C16H23NS. The van der Waals surface area contributed by atoms with E-state index in [9.17, 15) is 0 Å². The van der Waals surface area contributed by atoms with E-state index in [1.54, 1.807) is 5.56 Å². The molecule has 18 heavy (non-hydrogen) atoms. The highest BCUT2D eigenvalue weighted by molar-refractivity contribution is 8.00. The number of benzene rings is 1. The third-order valence-electron chi connectivity index (χ3n) is 4.50. The second-order valence-corrected chi connectivity index (χ2v) is 7.13. The van der Waals surface area contributed by atoms with Crippen LogP contribution >= 0.6 is 11.8 Å². The van der Waals surface area contributed by atoms with Gasteiger partial charge in [0.2, 0.25) is 0 Å².